The third-order valence-corrected chi connectivity index (χ3v) is 5.18. The van der Waals surface area contributed by atoms with Crippen molar-refractivity contribution in [1.29, 1.82) is 0 Å². The molecule has 2 rings (SSSR count). The van der Waals surface area contributed by atoms with E-state index in [0.29, 0.717) is 0 Å². The Morgan fingerprint density at radius 2 is 1.11 bits per heavy atom. The van der Waals surface area contributed by atoms with Gasteiger partial charge < -0.3 is 0 Å². The molecule has 0 unspecified atom stereocenters. The number of para-hydroxylation sites is 1. The topological polar surface area (TPSA) is 3.24 Å². The average Bonchev–Trinajstić information content (AvgIpc) is 2.44. The third kappa shape index (κ3) is 2.50. The van der Waals surface area contributed by atoms with E-state index < -0.39 is 0 Å². The number of benzene rings is 2. The largest absolute Gasteiger partial charge is 0.282 e. The van der Waals surface area contributed by atoms with Gasteiger partial charge in [-0.3, -0.25) is 3.11 Å². The lowest BCUT2D eigenvalue weighted by atomic mass is 9.93. The van der Waals surface area contributed by atoms with Gasteiger partial charge in [-0.1, -0.05) is 18.2 Å². The maximum atomic E-state index is 2.40. The molecule has 1 nitrogen and oxygen atoms in total. The van der Waals surface area contributed by atoms with E-state index in [-0.39, 0.29) is 0 Å². The summed E-state index contributed by atoms with van der Waals surface area (Å²) < 4.78 is 2.27. The van der Waals surface area contributed by atoms with Gasteiger partial charge >= 0.3 is 0 Å². The molecule has 0 amide bonds. The number of rotatable bonds is 2. The number of nitrogens with zero attached hydrogens (tertiary/aromatic N) is 1. The van der Waals surface area contributed by atoms with Crippen molar-refractivity contribution in [3.63, 3.8) is 0 Å². The molecule has 2 aromatic carbocycles. The molecule has 100 valence electrons. The number of halogens is 1. The maximum Gasteiger partial charge on any atom is 0.0646 e. The van der Waals surface area contributed by atoms with Crippen LogP contribution in [0.15, 0.2) is 30.3 Å². The quantitative estimate of drug-likeness (QED) is 0.486. The molecule has 0 atom stereocenters. The van der Waals surface area contributed by atoms with Gasteiger partial charge in [0.25, 0.3) is 0 Å². The second-order valence-electron chi connectivity index (χ2n) is 5.09. The van der Waals surface area contributed by atoms with Gasteiger partial charge in [0.05, 0.1) is 34.2 Å². The number of hydrogen-bond donors (Lipinski definition) is 0. The monoisotopic (exact) mass is 365 g/mol. The second-order valence-corrected chi connectivity index (χ2v) is 6.05. The first-order valence-electron chi connectivity index (χ1n) is 6.53. The zero-order valence-corrected chi connectivity index (χ0v) is 14.4. The predicted octanol–water partition coefficient (Wildman–Crippen LogP) is 5.72. The summed E-state index contributed by atoms with van der Waals surface area (Å²) in [6, 6.07) is 10.5. The molecule has 2 heteroatoms. The fraction of sp³-hybridized carbons (Fsp3) is 0.294. The molecule has 0 aromatic heterocycles. The lowest BCUT2D eigenvalue weighted by Gasteiger charge is -2.25. The highest BCUT2D eigenvalue weighted by Gasteiger charge is 2.17. The van der Waals surface area contributed by atoms with Crippen molar-refractivity contribution in [2.45, 2.75) is 34.6 Å². The summed E-state index contributed by atoms with van der Waals surface area (Å²) in [4.78, 5) is 0. The molecule has 0 bridgehead atoms. The molecule has 0 aliphatic heterocycles. The molecular weight excluding hydrogens is 345 g/mol. The van der Waals surface area contributed by atoms with Crippen LogP contribution in [-0.2, 0) is 0 Å². The highest BCUT2D eigenvalue weighted by atomic mass is 127. The smallest absolute Gasteiger partial charge is 0.0646 e. The maximum absolute atomic E-state index is 2.40. The molecule has 0 aliphatic carbocycles. The predicted molar refractivity (Wildman–Crippen MR) is 92.7 cm³/mol. The SMILES string of the molecule is Cc1c(C)c(C)c(N(I)c2ccccc2)c(C)c1C. The third-order valence-electron chi connectivity index (χ3n) is 4.14. The average molecular weight is 365 g/mol. The van der Waals surface area contributed by atoms with Gasteiger partial charge in [-0.05, 0) is 74.6 Å². The molecule has 0 saturated heterocycles. The van der Waals surface area contributed by atoms with Gasteiger partial charge in [-0.2, -0.15) is 0 Å². The van der Waals surface area contributed by atoms with Gasteiger partial charge in [-0.15, -0.1) is 0 Å². The van der Waals surface area contributed by atoms with Crippen LogP contribution in [0.1, 0.15) is 27.8 Å². The van der Waals surface area contributed by atoms with E-state index in [0.717, 1.165) is 0 Å². The van der Waals surface area contributed by atoms with E-state index in [1.807, 2.05) is 0 Å². The molecule has 0 spiro atoms. The van der Waals surface area contributed by atoms with Crippen molar-refractivity contribution in [3.05, 3.63) is 58.1 Å². The summed E-state index contributed by atoms with van der Waals surface area (Å²) in [5, 5.41) is 0. The van der Waals surface area contributed by atoms with Crippen LogP contribution in [0.4, 0.5) is 11.4 Å². The van der Waals surface area contributed by atoms with Crippen molar-refractivity contribution in [3.8, 4) is 0 Å². The minimum atomic E-state index is 1.22. The zero-order valence-electron chi connectivity index (χ0n) is 12.2. The van der Waals surface area contributed by atoms with Crippen molar-refractivity contribution < 1.29 is 0 Å². The molecule has 0 aliphatic rings. The molecule has 0 N–H and O–H groups in total. The summed E-state index contributed by atoms with van der Waals surface area (Å²) in [6.07, 6.45) is 0. The molecule has 0 fully saturated rings. The Bertz CT molecular complexity index is 573. The Morgan fingerprint density at radius 3 is 1.58 bits per heavy atom. The Labute approximate surface area is 130 Å². The van der Waals surface area contributed by atoms with Crippen molar-refractivity contribution in [1.82, 2.24) is 0 Å². The van der Waals surface area contributed by atoms with Crippen LogP contribution >= 0.6 is 22.9 Å². The summed E-state index contributed by atoms with van der Waals surface area (Å²) in [5.41, 5.74) is 9.50. The first-order chi connectivity index (χ1) is 8.95. The van der Waals surface area contributed by atoms with Crippen molar-refractivity contribution in [2.75, 3.05) is 3.11 Å². The summed E-state index contributed by atoms with van der Waals surface area (Å²) >= 11 is 2.40. The van der Waals surface area contributed by atoms with Crippen LogP contribution in [0.5, 0.6) is 0 Å². The standard InChI is InChI=1S/C17H20IN/c1-11-12(2)14(4)17(15(5)13(11)3)19(18)16-9-7-6-8-10-16/h6-10H,1-5H3. The molecule has 0 heterocycles. The molecule has 19 heavy (non-hydrogen) atoms. The highest BCUT2D eigenvalue weighted by Crippen LogP contribution is 2.38. The van der Waals surface area contributed by atoms with Crippen LogP contribution < -0.4 is 3.11 Å². The van der Waals surface area contributed by atoms with Gasteiger partial charge in [0.1, 0.15) is 0 Å². The second kappa shape index (κ2) is 5.53. The molecular formula is C17H20IN. The van der Waals surface area contributed by atoms with Gasteiger partial charge in [-0.25, -0.2) is 0 Å². The normalized spacial score (nSPS) is 10.6. The zero-order chi connectivity index (χ0) is 14.2. The van der Waals surface area contributed by atoms with Crippen molar-refractivity contribution >= 4 is 34.2 Å². The van der Waals surface area contributed by atoms with E-state index in [9.17, 15) is 0 Å². The van der Waals surface area contributed by atoms with Gasteiger partial charge in [0.15, 0.2) is 0 Å². The van der Waals surface area contributed by atoms with Crippen LogP contribution in [-0.4, -0.2) is 0 Å². The fourth-order valence-electron chi connectivity index (χ4n) is 2.46. The van der Waals surface area contributed by atoms with Crippen LogP contribution in [0, 0.1) is 34.6 Å². The van der Waals surface area contributed by atoms with Crippen LogP contribution in [0.25, 0.3) is 0 Å². The van der Waals surface area contributed by atoms with E-state index in [2.05, 4.69) is 90.9 Å². The number of anilines is 2. The highest BCUT2D eigenvalue weighted by molar-refractivity contribution is 14.1. The summed E-state index contributed by atoms with van der Waals surface area (Å²) in [7, 11) is 0. The Kier molecular flexibility index (Phi) is 4.19. The molecule has 0 radical (unpaired) electrons. The number of hydrogen-bond acceptors (Lipinski definition) is 1. The first-order valence-corrected chi connectivity index (χ1v) is 7.49. The van der Waals surface area contributed by atoms with Gasteiger partial charge in [0.2, 0.25) is 0 Å². The minimum Gasteiger partial charge on any atom is -0.282 e. The molecule has 2 aromatic rings. The lowest BCUT2D eigenvalue weighted by Crippen LogP contribution is -2.08. The summed E-state index contributed by atoms with van der Waals surface area (Å²) in [6.45, 7) is 11.1. The van der Waals surface area contributed by atoms with E-state index >= 15 is 0 Å². The molecule has 0 saturated carbocycles. The van der Waals surface area contributed by atoms with E-state index in [1.165, 1.54) is 39.2 Å². The Hall–Kier alpha value is -1.03. The van der Waals surface area contributed by atoms with E-state index in [4.69, 9.17) is 0 Å². The Balaban J connectivity index is 2.64. The van der Waals surface area contributed by atoms with Crippen molar-refractivity contribution in [2.24, 2.45) is 0 Å². The van der Waals surface area contributed by atoms with Crippen LogP contribution in [0.3, 0.4) is 0 Å². The first kappa shape index (κ1) is 14.4. The Morgan fingerprint density at radius 1 is 0.684 bits per heavy atom. The van der Waals surface area contributed by atoms with E-state index in [1.54, 1.807) is 0 Å². The fourth-order valence-corrected chi connectivity index (χ4v) is 3.51. The van der Waals surface area contributed by atoms with Crippen LogP contribution in [0.2, 0.25) is 0 Å². The lowest BCUT2D eigenvalue weighted by molar-refractivity contribution is 1.16. The minimum absolute atomic E-state index is 1.22. The summed E-state index contributed by atoms with van der Waals surface area (Å²) in [5.74, 6) is 0. The van der Waals surface area contributed by atoms with Gasteiger partial charge in [0, 0.05) is 0 Å².